The molecule has 0 atom stereocenters. The summed E-state index contributed by atoms with van der Waals surface area (Å²) in [6.45, 7) is 13.4. The van der Waals surface area contributed by atoms with E-state index in [2.05, 4.69) is 32.6 Å². The summed E-state index contributed by atoms with van der Waals surface area (Å²) in [4.78, 5) is 2.54. The first-order valence-corrected chi connectivity index (χ1v) is 6.37. The van der Waals surface area contributed by atoms with Crippen LogP contribution in [0.2, 0.25) is 0 Å². The minimum atomic E-state index is 0.0319. The van der Waals surface area contributed by atoms with Crippen LogP contribution < -0.4 is 0 Å². The summed E-state index contributed by atoms with van der Waals surface area (Å²) in [6, 6.07) is 0. The summed E-state index contributed by atoms with van der Waals surface area (Å²) in [7, 11) is 0. The van der Waals surface area contributed by atoms with Gasteiger partial charge in [0.2, 0.25) is 0 Å². The number of rotatable bonds is 4. The Bertz CT molecular complexity index is 166. The summed E-state index contributed by atoms with van der Waals surface area (Å²) >= 11 is 0. The van der Waals surface area contributed by atoms with Gasteiger partial charge in [-0.3, -0.25) is 0 Å². The highest BCUT2D eigenvalue weighted by Gasteiger charge is 2.18. The molecule has 0 N–H and O–H groups in total. The molecule has 15 heavy (non-hydrogen) atoms. The van der Waals surface area contributed by atoms with Crippen molar-refractivity contribution < 1.29 is 4.74 Å². The summed E-state index contributed by atoms with van der Waals surface area (Å²) < 4.78 is 5.77. The van der Waals surface area contributed by atoms with E-state index in [-0.39, 0.29) is 5.60 Å². The second-order valence-corrected chi connectivity index (χ2v) is 5.63. The van der Waals surface area contributed by atoms with Crippen LogP contribution in [0.15, 0.2) is 0 Å². The van der Waals surface area contributed by atoms with Gasteiger partial charge in [0.05, 0.1) is 5.60 Å². The van der Waals surface area contributed by atoms with E-state index in [1.54, 1.807) is 0 Å². The van der Waals surface area contributed by atoms with Crippen molar-refractivity contribution in [3.63, 3.8) is 0 Å². The Morgan fingerprint density at radius 1 is 1.20 bits per heavy atom. The molecule has 0 aromatic rings. The first-order valence-electron chi connectivity index (χ1n) is 6.37. The zero-order valence-electron chi connectivity index (χ0n) is 10.9. The number of hydrogen-bond acceptors (Lipinski definition) is 2. The summed E-state index contributed by atoms with van der Waals surface area (Å²) in [6.07, 6.45) is 3.97. The van der Waals surface area contributed by atoms with E-state index in [0.29, 0.717) is 0 Å². The third-order valence-electron chi connectivity index (χ3n) is 3.22. The molecule has 1 fully saturated rings. The number of nitrogens with zero attached hydrogens (tertiary/aromatic N) is 1. The van der Waals surface area contributed by atoms with Gasteiger partial charge in [0.1, 0.15) is 0 Å². The molecule has 0 unspecified atom stereocenters. The monoisotopic (exact) mass is 213 g/mol. The average Bonchev–Trinajstić information content (AvgIpc) is 2.17. The van der Waals surface area contributed by atoms with Crippen molar-refractivity contribution in [3.05, 3.63) is 0 Å². The highest BCUT2D eigenvalue weighted by molar-refractivity contribution is 4.71. The molecule has 2 heteroatoms. The number of hydrogen-bond donors (Lipinski definition) is 0. The molecule has 2 nitrogen and oxygen atoms in total. The maximum Gasteiger partial charge on any atom is 0.0598 e. The van der Waals surface area contributed by atoms with E-state index in [0.717, 1.165) is 12.5 Å². The van der Waals surface area contributed by atoms with Crippen molar-refractivity contribution in [1.82, 2.24) is 4.90 Å². The van der Waals surface area contributed by atoms with Gasteiger partial charge in [-0.25, -0.2) is 0 Å². The van der Waals surface area contributed by atoms with Gasteiger partial charge in [-0.05, 0) is 65.6 Å². The summed E-state index contributed by atoms with van der Waals surface area (Å²) in [5, 5.41) is 0. The van der Waals surface area contributed by atoms with Crippen LogP contribution in [0.5, 0.6) is 0 Å². The minimum absolute atomic E-state index is 0.0319. The maximum absolute atomic E-state index is 5.77. The van der Waals surface area contributed by atoms with Gasteiger partial charge >= 0.3 is 0 Å². The smallest absolute Gasteiger partial charge is 0.0598 e. The Morgan fingerprint density at radius 2 is 1.80 bits per heavy atom. The molecule has 1 rings (SSSR count). The fourth-order valence-corrected chi connectivity index (χ4v) is 2.12. The first kappa shape index (κ1) is 13.0. The van der Waals surface area contributed by atoms with Crippen molar-refractivity contribution in [3.8, 4) is 0 Å². The van der Waals surface area contributed by atoms with Crippen molar-refractivity contribution in [2.24, 2.45) is 5.92 Å². The number of likely N-dealkylation sites (tertiary alicyclic amines) is 1. The Kier molecular flexibility index (Phi) is 5.07. The quantitative estimate of drug-likeness (QED) is 0.712. The molecule has 0 spiro atoms. The maximum atomic E-state index is 5.77. The second-order valence-electron chi connectivity index (χ2n) is 5.63. The normalized spacial score (nSPS) is 20.8. The van der Waals surface area contributed by atoms with E-state index in [1.807, 2.05) is 0 Å². The van der Waals surface area contributed by atoms with Crippen LogP contribution >= 0.6 is 0 Å². The zero-order valence-corrected chi connectivity index (χ0v) is 10.9. The van der Waals surface area contributed by atoms with Gasteiger partial charge < -0.3 is 9.64 Å². The van der Waals surface area contributed by atoms with Gasteiger partial charge in [0.15, 0.2) is 0 Å². The van der Waals surface area contributed by atoms with E-state index in [9.17, 15) is 0 Å². The third kappa shape index (κ3) is 5.53. The van der Waals surface area contributed by atoms with Crippen molar-refractivity contribution in [2.75, 3.05) is 26.2 Å². The SMILES string of the molecule is CCN1CCC(CCOC(C)(C)C)CC1. The van der Waals surface area contributed by atoms with Gasteiger partial charge in [-0.15, -0.1) is 0 Å². The lowest BCUT2D eigenvalue weighted by molar-refractivity contribution is -0.0124. The highest BCUT2D eigenvalue weighted by atomic mass is 16.5. The zero-order chi connectivity index (χ0) is 11.3. The molecule has 0 amide bonds. The van der Waals surface area contributed by atoms with Crippen molar-refractivity contribution >= 4 is 0 Å². The lowest BCUT2D eigenvalue weighted by Crippen LogP contribution is -2.34. The van der Waals surface area contributed by atoms with Crippen LogP contribution in [0.4, 0.5) is 0 Å². The Labute approximate surface area is 95.0 Å². The molecule has 1 saturated heterocycles. The Balaban J connectivity index is 2.09. The van der Waals surface area contributed by atoms with E-state index in [4.69, 9.17) is 4.74 Å². The highest BCUT2D eigenvalue weighted by Crippen LogP contribution is 2.21. The van der Waals surface area contributed by atoms with Gasteiger partial charge in [0, 0.05) is 6.61 Å². The third-order valence-corrected chi connectivity index (χ3v) is 3.22. The Morgan fingerprint density at radius 3 is 2.27 bits per heavy atom. The summed E-state index contributed by atoms with van der Waals surface area (Å²) in [5.74, 6) is 0.898. The fourth-order valence-electron chi connectivity index (χ4n) is 2.12. The van der Waals surface area contributed by atoms with Crippen LogP contribution in [-0.2, 0) is 4.74 Å². The van der Waals surface area contributed by atoms with Crippen LogP contribution in [0.1, 0.15) is 47.0 Å². The molecule has 1 aliphatic heterocycles. The second kappa shape index (κ2) is 5.86. The van der Waals surface area contributed by atoms with Crippen LogP contribution in [0.3, 0.4) is 0 Å². The van der Waals surface area contributed by atoms with Crippen molar-refractivity contribution in [2.45, 2.75) is 52.6 Å². The minimum Gasteiger partial charge on any atom is -0.376 e. The lowest BCUT2D eigenvalue weighted by Gasteiger charge is -2.31. The Hall–Kier alpha value is -0.0800. The standard InChI is InChI=1S/C13H27NO/c1-5-14-9-6-12(7-10-14)8-11-15-13(2,3)4/h12H,5-11H2,1-4H3. The fraction of sp³-hybridized carbons (Fsp3) is 1.00. The predicted octanol–water partition coefficient (Wildman–Crippen LogP) is 2.92. The van der Waals surface area contributed by atoms with Crippen LogP contribution in [0, 0.1) is 5.92 Å². The molecule has 0 saturated carbocycles. The van der Waals surface area contributed by atoms with E-state index < -0.39 is 0 Å². The molecule has 1 heterocycles. The van der Waals surface area contributed by atoms with Gasteiger partial charge in [-0.1, -0.05) is 6.92 Å². The molecule has 0 aromatic carbocycles. The largest absolute Gasteiger partial charge is 0.376 e. The lowest BCUT2D eigenvalue weighted by atomic mass is 9.94. The molecular weight excluding hydrogens is 186 g/mol. The van der Waals surface area contributed by atoms with E-state index >= 15 is 0 Å². The molecule has 0 aromatic heterocycles. The van der Waals surface area contributed by atoms with Gasteiger partial charge in [0.25, 0.3) is 0 Å². The average molecular weight is 213 g/mol. The van der Waals surface area contributed by atoms with E-state index in [1.165, 1.54) is 38.9 Å². The van der Waals surface area contributed by atoms with Crippen molar-refractivity contribution in [1.29, 1.82) is 0 Å². The summed E-state index contributed by atoms with van der Waals surface area (Å²) in [5.41, 5.74) is 0.0319. The molecular formula is C13H27NO. The van der Waals surface area contributed by atoms with Gasteiger partial charge in [-0.2, -0.15) is 0 Å². The first-order chi connectivity index (χ1) is 7.01. The molecule has 90 valence electrons. The molecule has 1 aliphatic rings. The van der Waals surface area contributed by atoms with Crippen LogP contribution in [-0.4, -0.2) is 36.7 Å². The van der Waals surface area contributed by atoms with Crippen LogP contribution in [0.25, 0.3) is 0 Å². The molecule has 0 aliphatic carbocycles. The molecule has 0 bridgehead atoms. The topological polar surface area (TPSA) is 12.5 Å². The predicted molar refractivity (Wildman–Crippen MR) is 65.2 cm³/mol. The molecule has 0 radical (unpaired) electrons. The number of piperidine rings is 1. The number of ether oxygens (including phenoxy) is 1.